The minimum Gasteiger partial charge on any atom is -0.386 e. The fourth-order valence-electron chi connectivity index (χ4n) is 1.94. The summed E-state index contributed by atoms with van der Waals surface area (Å²) < 4.78 is 10.2. The van der Waals surface area contributed by atoms with Gasteiger partial charge < -0.3 is 14.6 Å². The molecular weight excluding hydrogens is 160 g/mol. The maximum absolute atomic E-state index is 11.2. The Hall–Kier alpha value is -0.450. The van der Waals surface area contributed by atoms with Crippen molar-refractivity contribution < 1.29 is 19.4 Å². The van der Waals surface area contributed by atoms with E-state index >= 15 is 0 Å². The van der Waals surface area contributed by atoms with Gasteiger partial charge in [0.15, 0.2) is 12.1 Å². The first-order chi connectivity index (χ1) is 5.65. The number of carbonyl (C=O) groups is 1. The van der Waals surface area contributed by atoms with Crippen LogP contribution >= 0.6 is 0 Å². The van der Waals surface area contributed by atoms with Gasteiger partial charge in [0, 0.05) is 20.0 Å². The van der Waals surface area contributed by atoms with Crippen molar-refractivity contribution in [2.24, 2.45) is 0 Å². The molecule has 68 valence electrons. The minimum absolute atomic E-state index is 0.00273. The van der Waals surface area contributed by atoms with Crippen LogP contribution < -0.4 is 0 Å². The first-order valence-corrected chi connectivity index (χ1v) is 4.09. The van der Waals surface area contributed by atoms with E-state index < -0.39 is 18.0 Å². The van der Waals surface area contributed by atoms with E-state index in [2.05, 4.69) is 0 Å². The van der Waals surface area contributed by atoms with Crippen LogP contribution in [0.3, 0.4) is 0 Å². The Morgan fingerprint density at radius 1 is 1.75 bits per heavy atom. The van der Waals surface area contributed by atoms with Crippen LogP contribution in [0.5, 0.6) is 0 Å². The van der Waals surface area contributed by atoms with Crippen LogP contribution in [0.25, 0.3) is 0 Å². The van der Waals surface area contributed by atoms with E-state index in [9.17, 15) is 9.90 Å². The number of carbonyl (C=O) groups excluding carboxylic acids is 1. The quantitative estimate of drug-likeness (QED) is 0.597. The molecule has 0 bridgehead atoms. The van der Waals surface area contributed by atoms with Gasteiger partial charge in [0.25, 0.3) is 0 Å². The van der Waals surface area contributed by atoms with Gasteiger partial charge in [0.1, 0.15) is 11.7 Å². The van der Waals surface area contributed by atoms with E-state index in [0.29, 0.717) is 19.3 Å². The van der Waals surface area contributed by atoms with Crippen LogP contribution in [0.15, 0.2) is 0 Å². The number of hydrogen-bond donors (Lipinski definition) is 1. The van der Waals surface area contributed by atoms with Gasteiger partial charge in [-0.1, -0.05) is 0 Å². The Kier molecular flexibility index (Phi) is 1.71. The summed E-state index contributed by atoms with van der Waals surface area (Å²) in [6.07, 6.45) is 0.306. The van der Waals surface area contributed by atoms with Crippen LogP contribution in [0.2, 0.25) is 0 Å². The minimum atomic E-state index is -0.947. The van der Waals surface area contributed by atoms with Gasteiger partial charge in [0.05, 0.1) is 0 Å². The first-order valence-electron chi connectivity index (χ1n) is 4.09. The largest absolute Gasteiger partial charge is 0.386 e. The normalized spacial score (nSPS) is 46.7. The molecule has 2 fully saturated rings. The number of fused-ring (bicyclic) bond motifs is 1. The zero-order chi connectivity index (χ0) is 8.77. The Balaban J connectivity index is 2.16. The lowest BCUT2D eigenvalue weighted by Gasteiger charge is -2.17. The van der Waals surface area contributed by atoms with Gasteiger partial charge in [-0.15, -0.1) is 0 Å². The summed E-state index contributed by atoms with van der Waals surface area (Å²) in [6, 6.07) is 0. The highest BCUT2D eigenvalue weighted by molar-refractivity contribution is 5.87. The molecule has 0 radical (unpaired) electrons. The molecule has 3 unspecified atom stereocenters. The van der Waals surface area contributed by atoms with Crippen LogP contribution in [-0.4, -0.2) is 36.0 Å². The Bertz CT molecular complexity index is 215. The smallest absolute Gasteiger partial charge is 0.164 e. The van der Waals surface area contributed by atoms with E-state index in [0.717, 1.165) is 0 Å². The van der Waals surface area contributed by atoms with Crippen LogP contribution in [0.1, 0.15) is 19.3 Å². The van der Waals surface area contributed by atoms with E-state index in [1.807, 2.05) is 0 Å². The maximum atomic E-state index is 11.2. The molecule has 4 heteroatoms. The topological polar surface area (TPSA) is 55.8 Å². The predicted molar refractivity (Wildman–Crippen MR) is 39.5 cm³/mol. The molecule has 1 aliphatic heterocycles. The molecule has 0 aromatic carbocycles. The molecule has 12 heavy (non-hydrogen) atoms. The van der Waals surface area contributed by atoms with Crippen molar-refractivity contribution in [1.82, 2.24) is 0 Å². The Labute approximate surface area is 70.5 Å². The fourth-order valence-corrected chi connectivity index (χ4v) is 1.94. The Morgan fingerprint density at radius 3 is 3.08 bits per heavy atom. The molecule has 2 rings (SSSR count). The van der Waals surface area contributed by atoms with Gasteiger partial charge in [-0.25, -0.2) is 0 Å². The lowest BCUT2D eigenvalue weighted by molar-refractivity contribution is -0.147. The molecule has 1 heterocycles. The van der Waals surface area contributed by atoms with Gasteiger partial charge in [-0.3, -0.25) is 4.79 Å². The molecule has 1 aliphatic carbocycles. The molecule has 0 spiro atoms. The second kappa shape index (κ2) is 2.52. The molecule has 0 aromatic rings. The highest BCUT2D eigenvalue weighted by atomic mass is 16.7. The summed E-state index contributed by atoms with van der Waals surface area (Å²) in [6.45, 7) is 0. The Morgan fingerprint density at radius 2 is 2.50 bits per heavy atom. The van der Waals surface area contributed by atoms with E-state index in [4.69, 9.17) is 9.47 Å². The summed E-state index contributed by atoms with van der Waals surface area (Å²) in [5, 5.41) is 9.88. The molecule has 1 saturated heterocycles. The van der Waals surface area contributed by atoms with Crippen molar-refractivity contribution in [2.75, 3.05) is 7.11 Å². The van der Waals surface area contributed by atoms with Crippen molar-refractivity contribution in [3.05, 3.63) is 0 Å². The molecular formula is C8H12O4. The third kappa shape index (κ3) is 0.990. The maximum Gasteiger partial charge on any atom is 0.164 e. The van der Waals surface area contributed by atoms with Crippen LogP contribution in [-0.2, 0) is 14.3 Å². The zero-order valence-electron chi connectivity index (χ0n) is 6.95. The van der Waals surface area contributed by atoms with Crippen molar-refractivity contribution in [1.29, 1.82) is 0 Å². The van der Waals surface area contributed by atoms with Crippen molar-refractivity contribution in [2.45, 2.75) is 37.3 Å². The highest BCUT2D eigenvalue weighted by Crippen LogP contribution is 2.40. The summed E-state index contributed by atoms with van der Waals surface area (Å²) in [5.74, 6) is -0.00273. The molecule has 3 atom stereocenters. The predicted octanol–water partition coefficient (Wildman–Crippen LogP) is -0.158. The van der Waals surface area contributed by atoms with Gasteiger partial charge in [-0.05, 0) is 6.42 Å². The van der Waals surface area contributed by atoms with E-state index in [1.54, 1.807) is 0 Å². The number of aliphatic hydroxyl groups is 1. The third-order valence-electron chi connectivity index (χ3n) is 2.66. The van der Waals surface area contributed by atoms with Gasteiger partial charge in [0.2, 0.25) is 0 Å². The van der Waals surface area contributed by atoms with Crippen molar-refractivity contribution in [3.8, 4) is 0 Å². The standard InChI is InChI=1S/C8H12O4/c1-11-6-4-8(10)3-2-5(9)7(8)12-6/h6-7,10H,2-4H2,1H3. The summed E-state index contributed by atoms with van der Waals surface area (Å²) in [5.41, 5.74) is -0.947. The van der Waals surface area contributed by atoms with Crippen LogP contribution in [0, 0.1) is 0 Å². The number of Topliss-reactive ketones (excluding diaryl/α,β-unsaturated/α-hetero) is 1. The average Bonchev–Trinajstić information content (AvgIpc) is 2.50. The molecule has 0 aromatic heterocycles. The lowest BCUT2D eigenvalue weighted by Crippen LogP contribution is -2.35. The molecule has 4 nitrogen and oxygen atoms in total. The number of hydrogen-bond acceptors (Lipinski definition) is 4. The van der Waals surface area contributed by atoms with Crippen molar-refractivity contribution >= 4 is 5.78 Å². The molecule has 2 aliphatic rings. The molecule has 1 saturated carbocycles. The van der Waals surface area contributed by atoms with Gasteiger partial charge in [-0.2, -0.15) is 0 Å². The fraction of sp³-hybridized carbons (Fsp3) is 0.875. The van der Waals surface area contributed by atoms with Gasteiger partial charge >= 0.3 is 0 Å². The van der Waals surface area contributed by atoms with E-state index in [-0.39, 0.29) is 5.78 Å². The summed E-state index contributed by atoms with van der Waals surface area (Å²) >= 11 is 0. The number of methoxy groups -OCH3 is 1. The number of ether oxygens (including phenoxy) is 2. The third-order valence-corrected chi connectivity index (χ3v) is 2.66. The SMILES string of the molecule is COC1CC2(O)CCC(=O)C2O1. The summed E-state index contributed by atoms with van der Waals surface area (Å²) in [7, 11) is 1.51. The number of ketones is 1. The average molecular weight is 172 g/mol. The number of rotatable bonds is 1. The molecule has 1 N–H and O–H groups in total. The summed E-state index contributed by atoms with van der Waals surface area (Å²) in [4.78, 5) is 11.2. The molecule has 0 amide bonds. The monoisotopic (exact) mass is 172 g/mol. The first kappa shape index (κ1) is 8.16. The van der Waals surface area contributed by atoms with Crippen LogP contribution in [0.4, 0.5) is 0 Å². The highest BCUT2D eigenvalue weighted by Gasteiger charge is 2.55. The van der Waals surface area contributed by atoms with E-state index in [1.165, 1.54) is 7.11 Å². The second-order valence-corrected chi connectivity index (χ2v) is 3.46. The zero-order valence-corrected chi connectivity index (χ0v) is 6.95. The lowest BCUT2D eigenvalue weighted by atomic mass is 9.98. The second-order valence-electron chi connectivity index (χ2n) is 3.46. The van der Waals surface area contributed by atoms with Crippen molar-refractivity contribution in [3.63, 3.8) is 0 Å².